The molecular formula is C11H7NO2. The van der Waals surface area contributed by atoms with Crippen molar-refractivity contribution in [2.45, 2.75) is 12.8 Å². The molecule has 0 aromatic heterocycles. The van der Waals surface area contributed by atoms with Crippen molar-refractivity contribution in [3.63, 3.8) is 0 Å². The summed E-state index contributed by atoms with van der Waals surface area (Å²) >= 11 is 0. The van der Waals surface area contributed by atoms with Gasteiger partial charge in [0.25, 0.3) is 0 Å². The van der Waals surface area contributed by atoms with E-state index >= 15 is 0 Å². The van der Waals surface area contributed by atoms with Crippen molar-refractivity contribution in [1.29, 1.82) is 0 Å². The van der Waals surface area contributed by atoms with Crippen LogP contribution in [0.2, 0.25) is 0 Å². The molecule has 2 rings (SSSR count). The van der Waals surface area contributed by atoms with Crippen LogP contribution >= 0.6 is 0 Å². The normalized spacial score (nSPS) is 22.0. The maximum atomic E-state index is 11.4. The fourth-order valence-electron chi connectivity index (χ4n) is 1.31. The number of nitrogens with zero attached hydrogens (tertiary/aromatic N) is 1. The van der Waals surface area contributed by atoms with Crippen LogP contribution in [0.5, 0.6) is 0 Å². The fourth-order valence-corrected chi connectivity index (χ4v) is 1.31. The molecule has 0 fully saturated rings. The molecular weight excluding hydrogens is 178 g/mol. The third-order valence-corrected chi connectivity index (χ3v) is 2.01. The van der Waals surface area contributed by atoms with E-state index in [1.807, 2.05) is 0 Å². The molecule has 0 atom stereocenters. The Balaban J connectivity index is 2.51. The fraction of sp³-hybridized carbons (Fsp3) is 0.182. The number of allylic oxidation sites excluding steroid dienone is 3. The molecule has 0 radical (unpaired) electrons. The molecule has 0 aromatic carbocycles. The lowest BCUT2D eigenvalue weighted by Gasteiger charge is -2.09. The van der Waals surface area contributed by atoms with E-state index in [-0.39, 0.29) is 17.3 Å². The minimum absolute atomic E-state index is 0.159. The van der Waals surface area contributed by atoms with Gasteiger partial charge in [0, 0.05) is 24.6 Å². The predicted molar refractivity (Wildman–Crippen MR) is 51.7 cm³/mol. The van der Waals surface area contributed by atoms with E-state index in [2.05, 4.69) is 16.8 Å². The van der Waals surface area contributed by atoms with Crippen molar-refractivity contribution < 1.29 is 9.59 Å². The molecule has 14 heavy (non-hydrogen) atoms. The summed E-state index contributed by atoms with van der Waals surface area (Å²) in [6.45, 7) is 0. The topological polar surface area (TPSA) is 46.5 Å². The molecule has 0 bridgehead atoms. The van der Waals surface area contributed by atoms with E-state index in [4.69, 9.17) is 0 Å². The van der Waals surface area contributed by atoms with Crippen LogP contribution in [-0.4, -0.2) is 17.8 Å². The molecule has 3 heteroatoms. The van der Waals surface area contributed by atoms with E-state index in [0.717, 1.165) is 0 Å². The molecule has 0 saturated heterocycles. The summed E-state index contributed by atoms with van der Waals surface area (Å²) in [6, 6.07) is 0. The van der Waals surface area contributed by atoms with Gasteiger partial charge in [-0.25, -0.2) is 0 Å². The third kappa shape index (κ3) is 1.42. The van der Waals surface area contributed by atoms with E-state index < -0.39 is 0 Å². The minimum atomic E-state index is -0.209. The van der Waals surface area contributed by atoms with Crippen LogP contribution in [0.15, 0.2) is 28.4 Å². The second kappa shape index (κ2) is 3.43. The Morgan fingerprint density at radius 1 is 1.14 bits per heavy atom. The van der Waals surface area contributed by atoms with Crippen LogP contribution in [0, 0.1) is 11.8 Å². The van der Waals surface area contributed by atoms with Crippen LogP contribution in [0.25, 0.3) is 0 Å². The van der Waals surface area contributed by atoms with Crippen LogP contribution in [0.4, 0.5) is 0 Å². The van der Waals surface area contributed by atoms with Gasteiger partial charge in [-0.2, -0.15) is 0 Å². The van der Waals surface area contributed by atoms with Crippen LogP contribution in [-0.2, 0) is 9.59 Å². The Labute approximate surface area is 81.2 Å². The van der Waals surface area contributed by atoms with Crippen molar-refractivity contribution in [3.8, 4) is 11.8 Å². The highest BCUT2D eigenvalue weighted by atomic mass is 16.1. The predicted octanol–water partition coefficient (Wildman–Crippen LogP) is 0.816. The summed E-state index contributed by atoms with van der Waals surface area (Å²) in [7, 11) is 0. The van der Waals surface area contributed by atoms with Crippen LogP contribution in [0.1, 0.15) is 12.8 Å². The van der Waals surface area contributed by atoms with Crippen molar-refractivity contribution in [2.24, 2.45) is 4.99 Å². The highest BCUT2D eigenvalue weighted by Crippen LogP contribution is 2.18. The van der Waals surface area contributed by atoms with E-state index in [0.29, 0.717) is 18.4 Å². The molecule has 0 saturated carbocycles. The Morgan fingerprint density at radius 2 is 1.93 bits per heavy atom. The summed E-state index contributed by atoms with van der Waals surface area (Å²) in [5.41, 5.74) is 0.674. The number of carbonyl (C=O) groups excluding carboxylic acids is 2. The average molecular weight is 185 g/mol. The molecule has 0 amide bonds. The van der Waals surface area contributed by atoms with Gasteiger partial charge in [0.15, 0.2) is 5.78 Å². The van der Waals surface area contributed by atoms with Crippen molar-refractivity contribution in [2.75, 3.05) is 0 Å². The lowest BCUT2D eigenvalue weighted by molar-refractivity contribution is -0.115. The molecule has 0 unspecified atom stereocenters. The summed E-state index contributed by atoms with van der Waals surface area (Å²) in [4.78, 5) is 26.7. The quantitative estimate of drug-likeness (QED) is 0.414. The molecule has 3 nitrogen and oxygen atoms in total. The highest BCUT2D eigenvalue weighted by molar-refractivity contribution is 6.20. The van der Waals surface area contributed by atoms with Crippen LogP contribution < -0.4 is 0 Å². The summed E-state index contributed by atoms with van der Waals surface area (Å²) in [5, 5.41) is 0. The maximum absolute atomic E-state index is 11.4. The lowest BCUT2D eigenvalue weighted by atomic mass is 9.97. The first-order valence-electron chi connectivity index (χ1n) is 4.27. The van der Waals surface area contributed by atoms with Gasteiger partial charge < -0.3 is 0 Å². The Kier molecular flexibility index (Phi) is 2.11. The molecule has 0 spiro atoms. The second-order valence-electron chi connectivity index (χ2n) is 2.94. The van der Waals surface area contributed by atoms with Gasteiger partial charge in [-0.1, -0.05) is 11.8 Å². The zero-order valence-corrected chi connectivity index (χ0v) is 7.41. The van der Waals surface area contributed by atoms with Crippen LogP contribution in [0.3, 0.4) is 0 Å². The first-order chi connectivity index (χ1) is 6.79. The molecule has 1 aliphatic carbocycles. The number of ketones is 2. The van der Waals surface area contributed by atoms with E-state index in [1.165, 1.54) is 12.2 Å². The monoisotopic (exact) mass is 185 g/mol. The van der Waals surface area contributed by atoms with Gasteiger partial charge in [-0.3, -0.25) is 14.6 Å². The standard InChI is InChI=1S/C11H7NO2/c13-9-5-6-10(14)11-8(9)4-2-1-3-7-12-11/h5-7H,3-4H2/b12-7-. The summed E-state index contributed by atoms with van der Waals surface area (Å²) in [6.07, 6.45) is 4.95. The number of aliphatic imine (C=N–C) groups is 1. The highest BCUT2D eigenvalue weighted by Gasteiger charge is 2.21. The van der Waals surface area contributed by atoms with Gasteiger partial charge in [-0.15, -0.1) is 0 Å². The summed E-state index contributed by atoms with van der Waals surface area (Å²) < 4.78 is 0. The molecule has 1 aliphatic heterocycles. The number of hydrogen-bond donors (Lipinski definition) is 0. The van der Waals surface area contributed by atoms with Crippen molar-refractivity contribution >= 4 is 17.8 Å². The number of carbonyl (C=O) groups is 2. The number of hydrogen-bond acceptors (Lipinski definition) is 3. The lowest BCUT2D eigenvalue weighted by Crippen LogP contribution is -2.13. The largest absolute Gasteiger partial charge is 0.290 e. The second-order valence-corrected chi connectivity index (χ2v) is 2.94. The molecule has 2 aliphatic rings. The Morgan fingerprint density at radius 3 is 2.79 bits per heavy atom. The third-order valence-electron chi connectivity index (χ3n) is 2.01. The van der Waals surface area contributed by atoms with Crippen molar-refractivity contribution in [1.82, 2.24) is 0 Å². The van der Waals surface area contributed by atoms with E-state index in [9.17, 15) is 9.59 Å². The van der Waals surface area contributed by atoms with Gasteiger partial charge in [0.1, 0.15) is 5.70 Å². The SMILES string of the molecule is O=C1C=CC(=O)C2=C1CC#CC/C=N\2. The summed E-state index contributed by atoms with van der Waals surface area (Å²) in [5.74, 6) is 5.30. The zero-order chi connectivity index (χ0) is 9.97. The van der Waals surface area contributed by atoms with Gasteiger partial charge >= 0.3 is 0 Å². The molecule has 0 N–H and O–H groups in total. The first-order valence-corrected chi connectivity index (χ1v) is 4.27. The smallest absolute Gasteiger partial charge is 0.204 e. The first kappa shape index (κ1) is 8.64. The van der Waals surface area contributed by atoms with Crippen molar-refractivity contribution in [3.05, 3.63) is 23.4 Å². The van der Waals surface area contributed by atoms with Gasteiger partial charge in [0.2, 0.25) is 5.78 Å². The molecule has 0 aromatic rings. The average Bonchev–Trinajstić information content (AvgIpc) is 2.11. The maximum Gasteiger partial charge on any atom is 0.204 e. The molecule has 1 heterocycles. The molecule has 68 valence electrons. The van der Waals surface area contributed by atoms with Gasteiger partial charge in [-0.05, 0) is 12.2 Å². The number of rotatable bonds is 0. The van der Waals surface area contributed by atoms with E-state index in [1.54, 1.807) is 6.21 Å². The Bertz CT molecular complexity index is 455. The minimum Gasteiger partial charge on any atom is -0.290 e. The Hall–Kier alpha value is -1.95. The zero-order valence-electron chi connectivity index (χ0n) is 7.41. The van der Waals surface area contributed by atoms with Gasteiger partial charge in [0.05, 0.1) is 0 Å².